The molecule has 4 heteroatoms. The van der Waals surface area contributed by atoms with E-state index in [4.69, 9.17) is 5.11 Å². The fourth-order valence-electron chi connectivity index (χ4n) is 0.768. The Bertz CT molecular complexity index is 215. The van der Waals surface area contributed by atoms with Gasteiger partial charge in [0.05, 0.1) is 3.79 Å². The maximum absolute atomic E-state index is 8.58. The molecule has 0 unspecified atom stereocenters. The highest BCUT2D eigenvalue weighted by Crippen LogP contribution is 2.32. The fourth-order valence-corrected chi connectivity index (χ4v) is 2.99. The molecule has 0 spiro atoms. The highest BCUT2D eigenvalue weighted by Gasteiger charge is 2.02. The summed E-state index contributed by atoms with van der Waals surface area (Å²) in [7, 11) is 0. The molecule has 1 aromatic heterocycles. The third kappa shape index (κ3) is 2.86. The molecular weight excluding hydrogens is 292 g/mol. The lowest BCUT2D eigenvalue weighted by molar-refractivity contribution is 0.289. The molecule has 0 aliphatic carbocycles. The van der Waals surface area contributed by atoms with Crippen LogP contribution in [-0.4, -0.2) is 11.7 Å². The monoisotopic (exact) mass is 298 g/mol. The summed E-state index contributed by atoms with van der Waals surface area (Å²) >= 11 is 8.54. The average Bonchev–Trinajstić information content (AvgIpc) is 2.28. The van der Waals surface area contributed by atoms with Crippen molar-refractivity contribution in [3.63, 3.8) is 0 Å². The first-order valence-electron chi connectivity index (χ1n) is 3.28. The van der Waals surface area contributed by atoms with Gasteiger partial charge in [-0.3, -0.25) is 0 Å². The van der Waals surface area contributed by atoms with Gasteiger partial charge in [0.2, 0.25) is 0 Å². The number of hydrogen-bond donors (Lipinski definition) is 1. The lowest BCUT2D eigenvalue weighted by atomic mass is 10.3. The summed E-state index contributed by atoms with van der Waals surface area (Å²) in [6.07, 6.45) is 1.81. The second-order valence-corrected chi connectivity index (χ2v) is 5.47. The van der Waals surface area contributed by atoms with E-state index in [9.17, 15) is 0 Å². The fraction of sp³-hybridized carbons (Fsp3) is 0.429. The number of thiophene rings is 1. The largest absolute Gasteiger partial charge is 0.396 e. The Hall–Kier alpha value is 0.620. The lowest BCUT2D eigenvalue weighted by Crippen LogP contribution is -1.84. The summed E-state index contributed by atoms with van der Waals surface area (Å²) in [6.45, 7) is 0.271. The minimum Gasteiger partial charge on any atom is -0.396 e. The maximum atomic E-state index is 8.58. The second kappa shape index (κ2) is 4.60. The molecule has 0 bridgehead atoms. The number of rotatable bonds is 3. The molecule has 1 N–H and O–H groups in total. The SMILES string of the molecule is OCCCc1cc(Br)c(Br)s1. The van der Waals surface area contributed by atoms with Crippen LogP contribution in [0.4, 0.5) is 0 Å². The predicted octanol–water partition coefficient (Wildman–Crippen LogP) is 3.20. The molecule has 0 radical (unpaired) electrons. The Morgan fingerprint density at radius 2 is 2.18 bits per heavy atom. The van der Waals surface area contributed by atoms with Gasteiger partial charge in [-0.2, -0.15) is 0 Å². The van der Waals surface area contributed by atoms with Crippen LogP contribution < -0.4 is 0 Å². The Kier molecular flexibility index (Phi) is 4.06. The molecule has 0 aliphatic heterocycles. The number of halogens is 2. The smallest absolute Gasteiger partial charge is 0.0843 e. The van der Waals surface area contributed by atoms with Crippen LogP contribution in [-0.2, 0) is 6.42 Å². The van der Waals surface area contributed by atoms with Crippen molar-refractivity contribution in [2.24, 2.45) is 0 Å². The van der Waals surface area contributed by atoms with E-state index >= 15 is 0 Å². The zero-order chi connectivity index (χ0) is 8.27. The van der Waals surface area contributed by atoms with Gasteiger partial charge in [0.15, 0.2) is 0 Å². The number of aliphatic hydroxyl groups is 1. The average molecular weight is 300 g/mol. The van der Waals surface area contributed by atoms with Gasteiger partial charge >= 0.3 is 0 Å². The summed E-state index contributed by atoms with van der Waals surface area (Å²) in [5.41, 5.74) is 0. The topological polar surface area (TPSA) is 20.2 Å². The molecule has 0 saturated carbocycles. The Labute approximate surface area is 86.7 Å². The lowest BCUT2D eigenvalue weighted by Gasteiger charge is -1.90. The first kappa shape index (κ1) is 9.71. The summed E-state index contributed by atoms with van der Waals surface area (Å²) in [5.74, 6) is 0. The van der Waals surface area contributed by atoms with Gasteiger partial charge in [0.25, 0.3) is 0 Å². The van der Waals surface area contributed by atoms with E-state index in [2.05, 4.69) is 37.9 Å². The molecule has 0 aliphatic rings. The van der Waals surface area contributed by atoms with Crippen molar-refractivity contribution in [3.8, 4) is 0 Å². The van der Waals surface area contributed by atoms with E-state index in [1.165, 1.54) is 4.88 Å². The molecule has 0 atom stereocenters. The van der Waals surface area contributed by atoms with Crippen LogP contribution in [0.5, 0.6) is 0 Å². The van der Waals surface area contributed by atoms with Crippen LogP contribution in [0.25, 0.3) is 0 Å². The summed E-state index contributed by atoms with van der Waals surface area (Å²) < 4.78 is 2.24. The molecule has 0 fully saturated rings. The number of aryl methyl sites for hydroxylation is 1. The summed E-state index contributed by atoms with van der Waals surface area (Å²) in [5, 5.41) is 8.58. The second-order valence-electron chi connectivity index (χ2n) is 2.16. The standard InChI is InChI=1S/C7H8Br2OS/c8-6-4-5(2-1-3-10)11-7(6)9/h4,10H,1-3H2. The third-order valence-corrected chi connectivity index (χ3v) is 4.59. The van der Waals surface area contributed by atoms with E-state index in [0.717, 1.165) is 21.1 Å². The van der Waals surface area contributed by atoms with Gasteiger partial charge in [-0.15, -0.1) is 11.3 Å². The first-order valence-corrected chi connectivity index (χ1v) is 5.69. The molecule has 0 aromatic carbocycles. The molecule has 62 valence electrons. The van der Waals surface area contributed by atoms with Gasteiger partial charge in [-0.25, -0.2) is 0 Å². The van der Waals surface area contributed by atoms with Crippen LogP contribution >= 0.6 is 43.2 Å². The Morgan fingerprint density at radius 3 is 2.64 bits per heavy atom. The zero-order valence-corrected chi connectivity index (χ0v) is 9.80. The first-order chi connectivity index (χ1) is 5.24. The predicted molar refractivity (Wildman–Crippen MR) is 55.1 cm³/mol. The van der Waals surface area contributed by atoms with Crippen molar-refractivity contribution in [2.45, 2.75) is 12.8 Å². The Balaban J connectivity index is 2.58. The van der Waals surface area contributed by atoms with Crippen LogP contribution in [0.15, 0.2) is 14.3 Å². The van der Waals surface area contributed by atoms with Crippen molar-refractivity contribution >= 4 is 43.2 Å². The van der Waals surface area contributed by atoms with Gasteiger partial charge in [-0.1, -0.05) is 0 Å². The van der Waals surface area contributed by atoms with Crippen LogP contribution in [0.1, 0.15) is 11.3 Å². The molecule has 1 heterocycles. The van der Waals surface area contributed by atoms with Gasteiger partial charge in [0, 0.05) is 16.0 Å². The molecule has 0 amide bonds. The van der Waals surface area contributed by atoms with E-state index in [1.807, 2.05) is 0 Å². The molecular formula is C7H8Br2OS. The normalized spacial score (nSPS) is 10.5. The van der Waals surface area contributed by atoms with E-state index < -0.39 is 0 Å². The van der Waals surface area contributed by atoms with Crippen molar-refractivity contribution in [2.75, 3.05) is 6.61 Å². The molecule has 0 saturated heterocycles. The quantitative estimate of drug-likeness (QED) is 0.909. The molecule has 11 heavy (non-hydrogen) atoms. The van der Waals surface area contributed by atoms with Crippen LogP contribution in [0.3, 0.4) is 0 Å². The maximum Gasteiger partial charge on any atom is 0.0843 e. The van der Waals surface area contributed by atoms with Crippen LogP contribution in [0.2, 0.25) is 0 Å². The minimum atomic E-state index is 0.271. The molecule has 1 nitrogen and oxygen atoms in total. The molecule has 1 aromatic rings. The van der Waals surface area contributed by atoms with E-state index in [0.29, 0.717) is 0 Å². The highest BCUT2D eigenvalue weighted by atomic mass is 79.9. The van der Waals surface area contributed by atoms with Crippen LogP contribution in [0, 0.1) is 0 Å². The summed E-state index contributed by atoms with van der Waals surface area (Å²) in [6, 6.07) is 2.09. The number of hydrogen-bond acceptors (Lipinski definition) is 2. The molecule has 1 rings (SSSR count). The van der Waals surface area contributed by atoms with Crippen molar-refractivity contribution < 1.29 is 5.11 Å². The van der Waals surface area contributed by atoms with Crippen molar-refractivity contribution in [1.29, 1.82) is 0 Å². The van der Waals surface area contributed by atoms with Gasteiger partial charge in [0.1, 0.15) is 0 Å². The van der Waals surface area contributed by atoms with Gasteiger partial charge in [-0.05, 0) is 50.8 Å². The van der Waals surface area contributed by atoms with Crippen molar-refractivity contribution in [3.05, 3.63) is 19.2 Å². The third-order valence-electron chi connectivity index (χ3n) is 1.28. The highest BCUT2D eigenvalue weighted by molar-refractivity contribution is 9.13. The zero-order valence-electron chi connectivity index (χ0n) is 5.81. The minimum absolute atomic E-state index is 0.271. The van der Waals surface area contributed by atoms with Gasteiger partial charge < -0.3 is 5.11 Å². The van der Waals surface area contributed by atoms with E-state index in [1.54, 1.807) is 11.3 Å². The summed E-state index contributed by atoms with van der Waals surface area (Å²) in [4.78, 5) is 1.30. The van der Waals surface area contributed by atoms with Crippen molar-refractivity contribution in [1.82, 2.24) is 0 Å². The number of aliphatic hydroxyl groups excluding tert-OH is 1. The van der Waals surface area contributed by atoms with E-state index in [-0.39, 0.29) is 6.61 Å². The Morgan fingerprint density at radius 1 is 1.45 bits per heavy atom.